The van der Waals surface area contributed by atoms with Crippen LogP contribution in [0.3, 0.4) is 0 Å². The summed E-state index contributed by atoms with van der Waals surface area (Å²) >= 11 is 0. The summed E-state index contributed by atoms with van der Waals surface area (Å²) in [6.07, 6.45) is -0.675. The molecular formula is C19H29N3O3. The third kappa shape index (κ3) is 4.38. The van der Waals surface area contributed by atoms with E-state index in [0.29, 0.717) is 13.1 Å². The second-order valence-corrected chi connectivity index (χ2v) is 6.76. The van der Waals surface area contributed by atoms with Gasteiger partial charge in [0.05, 0.1) is 6.04 Å². The number of benzene rings is 1. The highest BCUT2D eigenvalue weighted by molar-refractivity contribution is 5.86. The van der Waals surface area contributed by atoms with E-state index in [1.54, 1.807) is 16.8 Å². The molecule has 1 aliphatic heterocycles. The molecule has 1 aliphatic rings. The molecule has 0 saturated carbocycles. The van der Waals surface area contributed by atoms with E-state index < -0.39 is 12.1 Å². The minimum absolute atomic E-state index is 0.0550. The van der Waals surface area contributed by atoms with Crippen LogP contribution < -0.4 is 0 Å². The van der Waals surface area contributed by atoms with Gasteiger partial charge in [-0.3, -0.25) is 9.59 Å². The van der Waals surface area contributed by atoms with Crippen LogP contribution >= 0.6 is 0 Å². The number of amides is 2. The van der Waals surface area contributed by atoms with Crippen molar-refractivity contribution in [2.24, 2.45) is 0 Å². The smallest absolute Gasteiger partial charge is 0.254 e. The SMILES string of the molecule is CCN(CCN(C)C)C(=O)C1OCC(=O)N(C)C1c1ccccc1C. The summed E-state index contributed by atoms with van der Waals surface area (Å²) in [4.78, 5) is 30.8. The normalized spacial score (nSPS) is 20.9. The van der Waals surface area contributed by atoms with Crippen LogP contribution in [0.1, 0.15) is 24.1 Å². The molecule has 2 unspecified atom stereocenters. The van der Waals surface area contributed by atoms with E-state index in [9.17, 15) is 9.59 Å². The van der Waals surface area contributed by atoms with Gasteiger partial charge in [0.1, 0.15) is 6.61 Å². The maximum Gasteiger partial charge on any atom is 0.254 e. The largest absolute Gasteiger partial charge is 0.356 e. The van der Waals surface area contributed by atoms with Crippen LogP contribution in [0.5, 0.6) is 0 Å². The summed E-state index contributed by atoms with van der Waals surface area (Å²) in [5.74, 6) is -0.161. The van der Waals surface area contributed by atoms with Gasteiger partial charge in [0.15, 0.2) is 6.10 Å². The molecule has 138 valence electrons. The van der Waals surface area contributed by atoms with Crippen molar-refractivity contribution in [3.8, 4) is 0 Å². The monoisotopic (exact) mass is 347 g/mol. The molecule has 1 aromatic carbocycles. The molecule has 2 amide bonds. The van der Waals surface area contributed by atoms with Gasteiger partial charge in [-0.05, 0) is 39.1 Å². The van der Waals surface area contributed by atoms with Crippen molar-refractivity contribution in [1.29, 1.82) is 0 Å². The van der Waals surface area contributed by atoms with Crippen LogP contribution in [0.2, 0.25) is 0 Å². The van der Waals surface area contributed by atoms with Crippen molar-refractivity contribution >= 4 is 11.8 Å². The van der Waals surface area contributed by atoms with E-state index >= 15 is 0 Å². The number of carbonyl (C=O) groups is 2. The quantitative estimate of drug-likeness (QED) is 0.778. The zero-order valence-corrected chi connectivity index (χ0v) is 15.9. The first-order valence-corrected chi connectivity index (χ1v) is 8.73. The predicted octanol–water partition coefficient (Wildman–Crippen LogP) is 1.30. The zero-order chi connectivity index (χ0) is 18.6. The molecule has 2 atom stereocenters. The highest BCUT2D eigenvalue weighted by atomic mass is 16.5. The van der Waals surface area contributed by atoms with Gasteiger partial charge in [-0.25, -0.2) is 0 Å². The van der Waals surface area contributed by atoms with Crippen LogP contribution in [0.15, 0.2) is 24.3 Å². The second kappa shape index (κ2) is 8.45. The Hall–Kier alpha value is -1.92. The first-order chi connectivity index (χ1) is 11.9. The molecule has 1 saturated heterocycles. The first-order valence-electron chi connectivity index (χ1n) is 8.73. The van der Waals surface area contributed by atoms with E-state index in [1.807, 2.05) is 57.1 Å². The lowest BCUT2D eigenvalue weighted by Gasteiger charge is -2.40. The number of morpholine rings is 1. The van der Waals surface area contributed by atoms with Gasteiger partial charge in [0, 0.05) is 26.7 Å². The fraction of sp³-hybridized carbons (Fsp3) is 0.579. The fourth-order valence-corrected chi connectivity index (χ4v) is 3.13. The number of carbonyl (C=O) groups excluding carboxylic acids is 2. The van der Waals surface area contributed by atoms with Crippen LogP contribution in [-0.4, -0.2) is 80.0 Å². The topological polar surface area (TPSA) is 53.1 Å². The molecule has 2 rings (SSSR count). The standard InChI is InChI=1S/C19H29N3O3/c1-6-22(12-11-20(3)4)19(24)18-17(21(5)16(23)13-25-18)15-10-8-7-9-14(15)2/h7-10,17-18H,6,11-13H2,1-5H3. The third-order valence-electron chi connectivity index (χ3n) is 4.74. The summed E-state index contributed by atoms with van der Waals surface area (Å²) in [6.45, 7) is 5.95. The lowest BCUT2D eigenvalue weighted by molar-refractivity contribution is -0.167. The second-order valence-electron chi connectivity index (χ2n) is 6.76. The van der Waals surface area contributed by atoms with Gasteiger partial charge >= 0.3 is 0 Å². The first kappa shape index (κ1) is 19.4. The van der Waals surface area contributed by atoms with E-state index in [4.69, 9.17) is 4.74 Å². The maximum absolute atomic E-state index is 13.1. The fourth-order valence-electron chi connectivity index (χ4n) is 3.13. The average Bonchev–Trinajstić information content (AvgIpc) is 2.58. The van der Waals surface area contributed by atoms with Gasteiger partial charge in [-0.1, -0.05) is 24.3 Å². The van der Waals surface area contributed by atoms with Crippen LogP contribution in [0.25, 0.3) is 0 Å². The van der Waals surface area contributed by atoms with Crippen molar-refractivity contribution in [2.45, 2.75) is 26.0 Å². The molecule has 0 spiro atoms. The van der Waals surface area contributed by atoms with Crippen LogP contribution in [-0.2, 0) is 14.3 Å². The van der Waals surface area contributed by atoms with E-state index in [1.165, 1.54) is 0 Å². The zero-order valence-electron chi connectivity index (χ0n) is 15.9. The van der Waals surface area contributed by atoms with Crippen LogP contribution in [0.4, 0.5) is 0 Å². The molecule has 6 nitrogen and oxygen atoms in total. The number of hydrogen-bond donors (Lipinski definition) is 0. The van der Waals surface area contributed by atoms with Crippen molar-refractivity contribution in [2.75, 3.05) is 47.4 Å². The Morgan fingerprint density at radius 2 is 1.96 bits per heavy atom. The molecule has 6 heteroatoms. The number of hydrogen-bond acceptors (Lipinski definition) is 4. The number of ether oxygens (including phenoxy) is 1. The summed E-state index contributed by atoms with van der Waals surface area (Å²) in [5.41, 5.74) is 2.01. The molecule has 0 radical (unpaired) electrons. The Balaban J connectivity index is 2.30. The van der Waals surface area contributed by atoms with Gasteiger partial charge in [-0.2, -0.15) is 0 Å². The molecule has 0 aromatic heterocycles. The molecule has 0 bridgehead atoms. The van der Waals surface area contributed by atoms with Crippen molar-refractivity contribution in [1.82, 2.24) is 14.7 Å². The summed E-state index contributed by atoms with van der Waals surface area (Å²) in [7, 11) is 5.72. The number of nitrogens with zero attached hydrogens (tertiary/aromatic N) is 3. The van der Waals surface area contributed by atoms with Gasteiger partial charge < -0.3 is 19.4 Å². The van der Waals surface area contributed by atoms with Crippen molar-refractivity contribution in [3.05, 3.63) is 35.4 Å². The highest BCUT2D eigenvalue weighted by Gasteiger charge is 2.42. The van der Waals surface area contributed by atoms with Crippen molar-refractivity contribution in [3.63, 3.8) is 0 Å². The lowest BCUT2D eigenvalue weighted by Crippen LogP contribution is -2.54. The van der Waals surface area contributed by atoms with E-state index in [0.717, 1.165) is 17.7 Å². The minimum atomic E-state index is -0.675. The number of likely N-dealkylation sites (N-methyl/N-ethyl adjacent to an activating group) is 3. The lowest BCUT2D eigenvalue weighted by atomic mass is 9.93. The van der Waals surface area contributed by atoms with Crippen LogP contribution in [0, 0.1) is 6.92 Å². The van der Waals surface area contributed by atoms with E-state index in [-0.39, 0.29) is 18.4 Å². The average molecular weight is 347 g/mol. The number of aryl methyl sites for hydroxylation is 1. The molecule has 1 fully saturated rings. The summed E-state index contributed by atoms with van der Waals surface area (Å²) in [6, 6.07) is 7.45. The number of rotatable bonds is 6. The Bertz CT molecular complexity index is 618. The Labute approximate surface area is 150 Å². The molecular weight excluding hydrogens is 318 g/mol. The molecule has 0 N–H and O–H groups in total. The van der Waals surface area contributed by atoms with Gasteiger partial charge in [0.25, 0.3) is 5.91 Å². The molecule has 0 aliphatic carbocycles. The van der Waals surface area contributed by atoms with Crippen molar-refractivity contribution < 1.29 is 14.3 Å². The highest BCUT2D eigenvalue weighted by Crippen LogP contribution is 2.32. The molecule has 1 aromatic rings. The van der Waals surface area contributed by atoms with Gasteiger partial charge in [-0.15, -0.1) is 0 Å². The molecule has 1 heterocycles. The summed E-state index contributed by atoms with van der Waals surface area (Å²) < 4.78 is 5.74. The minimum Gasteiger partial charge on any atom is -0.356 e. The Morgan fingerprint density at radius 3 is 2.56 bits per heavy atom. The van der Waals surface area contributed by atoms with Gasteiger partial charge in [0.2, 0.25) is 5.91 Å². The Kier molecular flexibility index (Phi) is 6.56. The third-order valence-corrected chi connectivity index (χ3v) is 4.74. The Morgan fingerprint density at radius 1 is 1.28 bits per heavy atom. The maximum atomic E-state index is 13.1. The molecule has 25 heavy (non-hydrogen) atoms. The van der Waals surface area contributed by atoms with E-state index in [2.05, 4.69) is 0 Å². The summed E-state index contributed by atoms with van der Waals surface area (Å²) in [5, 5.41) is 0. The predicted molar refractivity (Wildman–Crippen MR) is 97.2 cm³/mol.